The first-order chi connectivity index (χ1) is 9.97. The lowest BCUT2D eigenvalue weighted by Gasteiger charge is -2.15. The number of imidazole rings is 1. The molecule has 0 N–H and O–H groups in total. The highest BCUT2D eigenvalue weighted by atomic mass is 28.3. The summed E-state index contributed by atoms with van der Waals surface area (Å²) in [6, 6.07) is 10.3. The second-order valence-electron chi connectivity index (χ2n) is 6.26. The third-order valence-electron chi connectivity index (χ3n) is 3.18. The zero-order valence-corrected chi connectivity index (χ0v) is 13.9. The van der Waals surface area contributed by atoms with Crippen molar-refractivity contribution in [3.05, 3.63) is 54.1 Å². The van der Waals surface area contributed by atoms with Crippen LogP contribution in [0.3, 0.4) is 0 Å². The fourth-order valence-electron chi connectivity index (χ4n) is 1.88. The van der Waals surface area contributed by atoms with Gasteiger partial charge < -0.3 is 9.30 Å². The van der Waals surface area contributed by atoms with Crippen molar-refractivity contribution in [2.75, 3.05) is 6.61 Å². The lowest BCUT2D eigenvalue weighted by molar-refractivity contribution is 0.0812. The molecule has 2 rings (SSSR count). The van der Waals surface area contributed by atoms with Crippen LogP contribution in [0.25, 0.3) is 0 Å². The van der Waals surface area contributed by atoms with Gasteiger partial charge in [-0.2, -0.15) is 0 Å². The molecule has 1 aromatic carbocycles. The quantitative estimate of drug-likeness (QED) is 0.447. The zero-order valence-electron chi connectivity index (χ0n) is 12.9. The average Bonchev–Trinajstić information content (AvgIpc) is 2.91. The fraction of sp³-hybridized carbons (Fsp3) is 0.375. The van der Waals surface area contributed by atoms with E-state index in [1.807, 2.05) is 18.2 Å². The first kappa shape index (κ1) is 15.7. The fourth-order valence-corrected chi connectivity index (χ4v) is 2.64. The highest BCUT2D eigenvalue weighted by molar-refractivity contribution is 6.76. The van der Waals surface area contributed by atoms with Gasteiger partial charge >= 0.3 is 0 Å². The summed E-state index contributed by atoms with van der Waals surface area (Å²) in [5, 5.41) is 0. The van der Waals surface area contributed by atoms with Crippen molar-refractivity contribution in [2.24, 2.45) is 0 Å². The van der Waals surface area contributed by atoms with E-state index in [4.69, 9.17) is 4.74 Å². The van der Waals surface area contributed by atoms with Gasteiger partial charge in [-0.05, 0) is 6.04 Å². The summed E-state index contributed by atoms with van der Waals surface area (Å²) >= 11 is 0. The van der Waals surface area contributed by atoms with Crippen molar-refractivity contribution in [3.63, 3.8) is 0 Å². The molecule has 4 nitrogen and oxygen atoms in total. The van der Waals surface area contributed by atoms with E-state index >= 15 is 0 Å². The summed E-state index contributed by atoms with van der Waals surface area (Å²) in [5.41, 5.74) is 0.645. The van der Waals surface area contributed by atoms with E-state index in [9.17, 15) is 4.79 Å². The Balaban J connectivity index is 1.97. The first-order valence-electron chi connectivity index (χ1n) is 7.16. The molecule has 0 bridgehead atoms. The molecule has 0 unspecified atom stereocenters. The van der Waals surface area contributed by atoms with E-state index < -0.39 is 8.07 Å². The Hall–Kier alpha value is -1.72. The average molecular weight is 302 g/mol. The highest BCUT2D eigenvalue weighted by Crippen LogP contribution is 2.10. The molecular weight excluding hydrogens is 280 g/mol. The van der Waals surface area contributed by atoms with Crippen molar-refractivity contribution in [3.8, 4) is 0 Å². The van der Waals surface area contributed by atoms with Crippen LogP contribution in [0.1, 0.15) is 16.2 Å². The van der Waals surface area contributed by atoms with E-state index in [0.29, 0.717) is 18.1 Å². The van der Waals surface area contributed by atoms with Gasteiger partial charge in [0.05, 0.1) is 0 Å². The van der Waals surface area contributed by atoms with Crippen LogP contribution in [0.5, 0.6) is 0 Å². The molecule has 0 saturated carbocycles. The monoisotopic (exact) mass is 302 g/mol. The van der Waals surface area contributed by atoms with Gasteiger partial charge in [-0.3, -0.25) is 4.79 Å². The summed E-state index contributed by atoms with van der Waals surface area (Å²) in [5.74, 6) is 0.351. The Kier molecular flexibility index (Phi) is 5.09. The SMILES string of the molecule is C[Si](C)(C)CCOCn1ccnc1C(=O)c1ccccc1. The third-order valence-corrected chi connectivity index (χ3v) is 4.89. The molecule has 1 aromatic heterocycles. The maximum Gasteiger partial charge on any atom is 0.228 e. The number of nitrogens with zero attached hydrogens (tertiary/aromatic N) is 2. The normalized spacial score (nSPS) is 11.6. The van der Waals surface area contributed by atoms with E-state index in [-0.39, 0.29) is 5.78 Å². The maximum absolute atomic E-state index is 12.4. The number of ether oxygens (including phenoxy) is 1. The topological polar surface area (TPSA) is 44.1 Å². The number of hydrogen-bond donors (Lipinski definition) is 0. The van der Waals surface area contributed by atoms with Crippen molar-refractivity contribution >= 4 is 13.9 Å². The molecule has 0 fully saturated rings. The molecule has 5 heteroatoms. The van der Waals surface area contributed by atoms with Crippen molar-refractivity contribution in [1.82, 2.24) is 9.55 Å². The van der Waals surface area contributed by atoms with Gasteiger partial charge in [-0.25, -0.2) is 4.98 Å². The lowest BCUT2D eigenvalue weighted by Crippen LogP contribution is -2.22. The molecule has 0 radical (unpaired) electrons. The third kappa shape index (κ3) is 4.65. The molecule has 2 aromatic rings. The molecule has 0 spiro atoms. The Bertz CT molecular complexity index is 588. The van der Waals surface area contributed by atoms with Crippen LogP contribution in [-0.2, 0) is 11.5 Å². The van der Waals surface area contributed by atoms with E-state index in [0.717, 1.165) is 12.7 Å². The molecule has 0 aliphatic heterocycles. The molecule has 0 aliphatic rings. The number of benzene rings is 1. The molecule has 0 atom stereocenters. The van der Waals surface area contributed by atoms with Gasteiger partial charge in [0.1, 0.15) is 6.73 Å². The van der Waals surface area contributed by atoms with Gasteiger partial charge in [0.15, 0.2) is 5.82 Å². The van der Waals surface area contributed by atoms with Crippen molar-refractivity contribution < 1.29 is 9.53 Å². The van der Waals surface area contributed by atoms with Gasteiger partial charge in [0.2, 0.25) is 5.78 Å². The van der Waals surface area contributed by atoms with Crippen LogP contribution in [-0.4, -0.2) is 30.0 Å². The molecule has 21 heavy (non-hydrogen) atoms. The van der Waals surface area contributed by atoms with E-state index in [2.05, 4.69) is 24.6 Å². The van der Waals surface area contributed by atoms with Gasteiger partial charge in [-0.1, -0.05) is 50.0 Å². The summed E-state index contributed by atoms with van der Waals surface area (Å²) in [6.07, 6.45) is 3.42. The second-order valence-corrected chi connectivity index (χ2v) is 11.9. The van der Waals surface area contributed by atoms with Crippen LogP contribution in [0.2, 0.25) is 25.7 Å². The van der Waals surface area contributed by atoms with Crippen LogP contribution >= 0.6 is 0 Å². The van der Waals surface area contributed by atoms with Crippen LogP contribution in [0, 0.1) is 0 Å². The molecule has 1 heterocycles. The van der Waals surface area contributed by atoms with E-state index in [1.54, 1.807) is 29.1 Å². The summed E-state index contributed by atoms with van der Waals surface area (Å²) < 4.78 is 7.45. The number of hydrogen-bond acceptors (Lipinski definition) is 3. The largest absolute Gasteiger partial charge is 0.361 e. The number of ketones is 1. The summed E-state index contributed by atoms with van der Waals surface area (Å²) in [4.78, 5) is 16.6. The van der Waals surface area contributed by atoms with Crippen molar-refractivity contribution in [1.29, 1.82) is 0 Å². The minimum absolute atomic E-state index is 0.0746. The smallest absolute Gasteiger partial charge is 0.228 e. The minimum atomic E-state index is -1.08. The Labute approximate surface area is 126 Å². The lowest BCUT2D eigenvalue weighted by atomic mass is 10.1. The maximum atomic E-state index is 12.4. The standard InChI is InChI=1S/C16H22N2O2Si/c1-21(2,3)12-11-20-13-18-10-9-17-16(18)15(19)14-7-5-4-6-8-14/h4-10H,11-13H2,1-3H3. The van der Waals surface area contributed by atoms with Gasteiger partial charge in [-0.15, -0.1) is 0 Å². The van der Waals surface area contributed by atoms with Crippen LogP contribution < -0.4 is 0 Å². The molecule has 112 valence electrons. The number of rotatable bonds is 7. The summed E-state index contributed by atoms with van der Waals surface area (Å²) in [7, 11) is -1.08. The molecular formula is C16H22N2O2Si. The minimum Gasteiger partial charge on any atom is -0.361 e. The summed E-state index contributed by atoms with van der Waals surface area (Å²) in [6.45, 7) is 8.05. The van der Waals surface area contributed by atoms with Crippen molar-refractivity contribution in [2.45, 2.75) is 32.4 Å². The van der Waals surface area contributed by atoms with Gasteiger partial charge in [0.25, 0.3) is 0 Å². The molecule has 0 aliphatic carbocycles. The Morgan fingerprint density at radius 2 is 1.95 bits per heavy atom. The molecule has 0 amide bonds. The van der Waals surface area contributed by atoms with Gasteiger partial charge in [0, 0.05) is 32.6 Å². The predicted molar refractivity (Wildman–Crippen MR) is 86.2 cm³/mol. The van der Waals surface area contributed by atoms with Crippen LogP contribution in [0.4, 0.5) is 0 Å². The van der Waals surface area contributed by atoms with Crippen LogP contribution in [0.15, 0.2) is 42.7 Å². The Morgan fingerprint density at radius 3 is 2.62 bits per heavy atom. The molecule has 0 saturated heterocycles. The van der Waals surface area contributed by atoms with E-state index in [1.165, 1.54) is 0 Å². The second kappa shape index (κ2) is 6.82. The number of aromatic nitrogens is 2. The zero-order chi connectivity index (χ0) is 15.3. The number of carbonyl (C=O) groups is 1. The Morgan fingerprint density at radius 1 is 1.24 bits per heavy atom. The number of carbonyl (C=O) groups excluding carboxylic acids is 1. The highest BCUT2D eigenvalue weighted by Gasteiger charge is 2.15. The predicted octanol–water partition coefficient (Wildman–Crippen LogP) is 3.43. The first-order valence-corrected chi connectivity index (χ1v) is 10.9.